The summed E-state index contributed by atoms with van der Waals surface area (Å²) in [6, 6.07) is 14.5. The lowest BCUT2D eigenvalue weighted by molar-refractivity contribution is 0.0792. The van der Waals surface area contributed by atoms with Gasteiger partial charge in [0.1, 0.15) is 11.4 Å². The van der Waals surface area contributed by atoms with Crippen LogP contribution in [0.3, 0.4) is 0 Å². The van der Waals surface area contributed by atoms with Crippen LogP contribution in [-0.4, -0.2) is 41.4 Å². The molecule has 0 bridgehead atoms. The first-order chi connectivity index (χ1) is 13.6. The Balaban J connectivity index is 1.45. The van der Waals surface area contributed by atoms with E-state index in [2.05, 4.69) is 10.3 Å². The lowest BCUT2D eigenvalue weighted by Gasteiger charge is -2.15. The van der Waals surface area contributed by atoms with Crippen molar-refractivity contribution < 1.29 is 14.3 Å². The summed E-state index contributed by atoms with van der Waals surface area (Å²) < 4.78 is 5.50. The Morgan fingerprint density at radius 1 is 1.07 bits per heavy atom. The predicted molar refractivity (Wildman–Crippen MR) is 109 cm³/mol. The molecule has 0 saturated carbocycles. The first-order valence-corrected chi connectivity index (χ1v) is 9.60. The number of nitrogens with zero attached hydrogens (tertiary/aromatic N) is 1. The van der Waals surface area contributed by atoms with E-state index < -0.39 is 0 Å². The van der Waals surface area contributed by atoms with E-state index in [1.165, 1.54) is 0 Å². The number of rotatable bonds is 5. The standard InChI is InChI=1S/C22H23N3O3/c1-2-28-18-10-7-16-13-20(24-19(16)14-18)21(26)23-17-8-5-15(6-9-17)22(27)25-11-3-4-12-25/h5-10,13-14,24H,2-4,11-12H2,1H3,(H,23,26). The Hall–Kier alpha value is -3.28. The Morgan fingerprint density at radius 2 is 1.82 bits per heavy atom. The highest BCUT2D eigenvalue weighted by atomic mass is 16.5. The average molecular weight is 377 g/mol. The molecule has 3 aromatic rings. The Morgan fingerprint density at radius 3 is 2.54 bits per heavy atom. The summed E-state index contributed by atoms with van der Waals surface area (Å²) in [6.45, 7) is 4.17. The second-order valence-corrected chi connectivity index (χ2v) is 6.90. The number of ether oxygens (including phenoxy) is 1. The zero-order valence-corrected chi connectivity index (χ0v) is 15.8. The Labute approximate surface area is 163 Å². The van der Waals surface area contributed by atoms with Crippen molar-refractivity contribution in [2.45, 2.75) is 19.8 Å². The van der Waals surface area contributed by atoms with Crippen LogP contribution >= 0.6 is 0 Å². The van der Waals surface area contributed by atoms with Crippen LogP contribution in [0.4, 0.5) is 5.69 Å². The van der Waals surface area contributed by atoms with E-state index >= 15 is 0 Å². The van der Waals surface area contributed by atoms with Crippen LogP contribution < -0.4 is 10.1 Å². The number of hydrogen-bond donors (Lipinski definition) is 2. The van der Waals surface area contributed by atoms with Crippen LogP contribution in [0.1, 0.15) is 40.6 Å². The van der Waals surface area contributed by atoms with Crippen LogP contribution in [0, 0.1) is 0 Å². The van der Waals surface area contributed by atoms with Gasteiger partial charge in [0, 0.05) is 41.3 Å². The number of likely N-dealkylation sites (tertiary alicyclic amines) is 1. The van der Waals surface area contributed by atoms with Crippen LogP contribution in [0.5, 0.6) is 5.75 Å². The molecule has 0 atom stereocenters. The first kappa shape index (κ1) is 18.1. The third-order valence-electron chi connectivity index (χ3n) is 4.93. The zero-order valence-electron chi connectivity index (χ0n) is 15.8. The van der Waals surface area contributed by atoms with Gasteiger partial charge in [0.25, 0.3) is 11.8 Å². The van der Waals surface area contributed by atoms with Crippen molar-refractivity contribution in [1.82, 2.24) is 9.88 Å². The maximum atomic E-state index is 12.6. The fourth-order valence-corrected chi connectivity index (χ4v) is 3.48. The molecule has 6 nitrogen and oxygen atoms in total. The summed E-state index contributed by atoms with van der Waals surface area (Å²) in [5.74, 6) is 0.589. The lowest BCUT2D eigenvalue weighted by Crippen LogP contribution is -2.27. The molecule has 4 rings (SSSR count). The molecule has 2 N–H and O–H groups in total. The number of carbonyl (C=O) groups is 2. The second kappa shape index (κ2) is 7.76. The third kappa shape index (κ3) is 3.71. The molecular weight excluding hydrogens is 354 g/mol. The minimum atomic E-state index is -0.229. The number of fused-ring (bicyclic) bond motifs is 1. The lowest BCUT2D eigenvalue weighted by atomic mass is 10.2. The summed E-state index contributed by atoms with van der Waals surface area (Å²) in [5, 5.41) is 3.81. The van der Waals surface area contributed by atoms with Crippen molar-refractivity contribution in [3.8, 4) is 5.75 Å². The molecule has 28 heavy (non-hydrogen) atoms. The van der Waals surface area contributed by atoms with Gasteiger partial charge in [-0.1, -0.05) is 0 Å². The van der Waals surface area contributed by atoms with E-state index in [4.69, 9.17) is 4.74 Å². The van der Waals surface area contributed by atoms with Crippen molar-refractivity contribution in [2.24, 2.45) is 0 Å². The van der Waals surface area contributed by atoms with E-state index in [1.807, 2.05) is 36.1 Å². The second-order valence-electron chi connectivity index (χ2n) is 6.90. The third-order valence-corrected chi connectivity index (χ3v) is 4.93. The zero-order chi connectivity index (χ0) is 19.5. The fourth-order valence-electron chi connectivity index (χ4n) is 3.48. The molecule has 0 radical (unpaired) electrons. The first-order valence-electron chi connectivity index (χ1n) is 9.60. The number of carbonyl (C=O) groups excluding carboxylic acids is 2. The molecule has 1 aliphatic heterocycles. The van der Waals surface area contributed by atoms with Gasteiger partial charge < -0.3 is 19.9 Å². The van der Waals surface area contributed by atoms with Gasteiger partial charge >= 0.3 is 0 Å². The van der Waals surface area contributed by atoms with Gasteiger partial charge in [-0.3, -0.25) is 9.59 Å². The molecule has 2 aromatic carbocycles. The predicted octanol–water partition coefficient (Wildman–Crippen LogP) is 4.05. The summed E-state index contributed by atoms with van der Waals surface area (Å²) in [4.78, 5) is 30.0. The van der Waals surface area contributed by atoms with Gasteiger partial charge in [0.15, 0.2) is 0 Å². The Kier molecular flexibility index (Phi) is 5.02. The van der Waals surface area contributed by atoms with E-state index in [-0.39, 0.29) is 11.8 Å². The van der Waals surface area contributed by atoms with Gasteiger partial charge in [0.2, 0.25) is 0 Å². The maximum Gasteiger partial charge on any atom is 0.272 e. The number of hydrogen-bond acceptors (Lipinski definition) is 3. The molecular formula is C22H23N3O3. The molecule has 0 unspecified atom stereocenters. The molecule has 0 spiro atoms. The average Bonchev–Trinajstić information content (AvgIpc) is 3.38. The van der Waals surface area contributed by atoms with Gasteiger partial charge in [-0.05, 0) is 62.2 Å². The van der Waals surface area contributed by atoms with E-state index in [9.17, 15) is 9.59 Å². The van der Waals surface area contributed by atoms with E-state index in [0.29, 0.717) is 23.6 Å². The molecule has 6 heteroatoms. The topological polar surface area (TPSA) is 74.4 Å². The number of anilines is 1. The SMILES string of the molecule is CCOc1ccc2cc(C(=O)Nc3ccc(C(=O)N4CCCC4)cc3)[nH]c2c1. The highest BCUT2D eigenvalue weighted by Crippen LogP contribution is 2.22. The Bertz CT molecular complexity index is 1000. The highest BCUT2D eigenvalue weighted by Gasteiger charge is 2.19. The number of aromatic amines is 1. The number of benzene rings is 2. The van der Waals surface area contributed by atoms with Crippen LogP contribution in [0.2, 0.25) is 0 Å². The monoisotopic (exact) mass is 377 g/mol. The van der Waals surface area contributed by atoms with E-state index in [1.54, 1.807) is 24.3 Å². The molecule has 1 saturated heterocycles. The summed E-state index contributed by atoms with van der Waals surface area (Å²) in [7, 11) is 0. The van der Waals surface area contributed by atoms with Crippen molar-refractivity contribution >= 4 is 28.4 Å². The highest BCUT2D eigenvalue weighted by molar-refractivity contribution is 6.06. The molecule has 1 aliphatic rings. The van der Waals surface area contributed by atoms with Crippen LogP contribution in [-0.2, 0) is 0 Å². The van der Waals surface area contributed by atoms with Gasteiger partial charge in [-0.15, -0.1) is 0 Å². The number of nitrogens with one attached hydrogen (secondary N) is 2. The minimum Gasteiger partial charge on any atom is -0.494 e. The molecule has 0 aliphatic carbocycles. The summed E-state index contributed by atoms with van der Waals surface area (Å²) >= 11 is 0. The van der Waals surface area contributed by atoms with Crippen molar-refractivity contribution in [1.29, 1.82) is 0 Å². The number of aromatic nitrogens is 1. The normalized spacial score (nSPS) is 13.7. The van der Waals surface area contributed by atoms with Crippen molar-refractivity contribution in [3.05, 3.63) is 59.8 Å². The van der Waals surface area contributed by atoms with Crippen LogP contribution in [0.25, 0.3) is 10.9 Å². The smallest absolute Gasteiger partial charge is 0.272 e. The van der Waals surface area contributed by atoms with Crippen molar-refractivity contribution in [3.63, 3.8) is 0 Å². The molecule has 144 valence electrons. The minimum absolute atomic E-state index is 0.0519. The number of amides is 2. The molecule has 1 fully saturated rings. The number of H-pyrrole nitrogens is 1. The molecule has 2 heterocycles. The van der Waals surface area contributed by atoms with Gasteiger partial charge in [0.05, 0.1) is 6.61 Å². The molecule has 2 amide bonds. The van der Waals surface area contributed by atoms with Crippen molar-refractivity contribution in [2.75, 3.05) is 25.0 Å². The van der Waals surface area contributed by atoms with E-state index in [0.717, 1.165) is 42.6 Å². The maximum absolute atomic E-state index is 12.6. The quantitative estimate of drug-likeness (QED) is 0.704. The van der Waals surface area contributed by atoms with Gasteiger partial charge in [-0.25, -0.2) is 0 Å². The fraction of sp³-hybridized carbons (Fsp3) is 0.273. The largest absolute Gasteiger partial charge is 0.494 e. The van der Waals surface area contributed by atoms with Crippen LogP contribution in [0.15, 0.2) is 48.5 Å². The summed E-state index contributed by atoms with van der Waals surface area (Å²) in [5.41, 5.74) is 2.62. The molecule has 1 aromatic heterocycles. The van der Waals surface area contributed by atoms with Gasteiger partial charge in [-0.2, -0.15) is 0 Å². The summed E-state index contributed by atoms with van der Waals surface area (Å²) in [6.07, 6.45) is 2.13.